The number of aryl methyl sites for hydroxylation is 3. The lowest BCUT2D eigenvalue weighted by Crippen LogP contribution is -2.16. The number of hydrogen-bond donors (Lipinski definition) is 1. The van der Waals surface area contributed by atoms with Crippen LogP contribution in [0.15, 0.2) is 30.3 Å². The lowest BCUT2D eigenvalue weighted by atomic mass is 10.1. The number of amides is 1. The Hall–Kier alpha value is -2.89. The van der Waals surface area contributed by atoms with Gasteiger partial charge in [0.2, 0.25) is 5.91 Å². The molecule has 0 saturated heterocycles. The van der Waals surface area contributed by atoms with Crippen molar-refractivity contribution in [2.45, 2.75) is 34.1 Å². The van der Waals surface area contributed by atoms with Crippen molar-refractivity contribution < 1.29 is 4.79 Å². The Kier molecular flexibility index (Phi) is 4.44. The molecule has 1 amide bonds. The molecule has 0 aliphatic heterocycles. The molecule has 0 atom stereocenters. The van der Waals surface area contributed by atoms with Crippen molar-refractivity contribution >= 4 is 11.6 Å². The smallest absolute Gasteiger partial charge is 0.229 e. The highest BCUT2D eigenvalue weighted by atomic mass is 16.1. The number of carbonyl (C=O) groups is 1. The predicted molar refractivity (Wildman–Crippen MR) is 98.1 cm³/mol. The van der Waals surface area contributed by atoms with Gasteiger partial charge in [-0.3, -0.25) is 9.48 Å². The zero-order chi connectivity index (χ0) is 18.1. The van der Waals surface area contributed by atoms with Crippen LogP contribution in [0.5, 0.6) is 0 Å². The van der Waals surface area contributed by atoms with Crippen molar-refractivity contribution in [1.82, 2.24) is 19.6 Å². The standard InChI is InChI=1S/C19H23N5O/c1-12-17(14(3)23(5)21-12)11-18(25)20-19-13(2)22-24(15(19)4)16-9-7-6-8-10-16/h6-10H,11H2,1-5H3,(H,20,25). The molecule has 130 valence electrons. The maximum atomic E-state index is 12.6. The molecule has 2 heterocycles. The highest BCUT2D eigenvalue weighted by Gasteiger charge is 2.18. The summed E-state index contributed by atoms with van der Waals surface area (Å²) in [6, 6.07) is 9.90. The van der Waals surface area contributed by atoms with Gasteiger partial charge < -0.3 is 5.32 Å². The topological polar surface area (TPSA) is 64.7 Å². The van der Waals surface area contributed by atoms with Crippen LogP contribution < -0.4 is 5.32 Å². The number of carbonyl (C=O) groups excluding carboxylic acids is 1. The summed E-state index contributed by atoms with van der Waals surface area (Å²) >= 11 is 0. The van der Waals surface area contributed by atoms with Gasteiger partial charge in [0.1, 0.15) is 0 Å². The molecule has 0 bridgehead atoms. The van der Waals surface area contributed by atoms with Crippen molar-refractivity contribution in [3.05, 3.63) is 58.7 Å². The Labute approximate surface area is 147 Å². The molecule has 6 nitrogen and oxygen atoms in total. The van der Waals surface area contributed by atoms with Crippen LogP contribution in [-0.4, -0.2) is 25.5 Å². The van der Waals surface area contributed by atoms with Crippen LogP contribution >= 0.6 is 0 Å². The Bertz CT molecular complexity index is 921. The first kappa shape index (κ1) is 17.0. The first-order chi connectivity index (χ1) is 11.9. The molecule has 0 aliphatic carbocycles. The lowest BCUT2D eigenvalue weighted by Gasteiger charge is -2.07. The van der Waals surface area contributed by atoms with Crippen LogP contribution in [0, 0.1) is 27.7 Å². The number of aromatic nitrogens is 4. The summed E-state index contributed by atoms with van der Waals surface area (Å²) in [6.07, 6.45) is 0.306. The molecular formula is C19H23N5O. The minimum Gasteiger partial charge on any atom is -0.323 e. The van der Waals surface area contributed by atoms with E-state index in [9.17, 15) is 4.79 Å². The van der Waals surface area contributed by atoms with E-state index in [0.717, 1.165) is 39.7 Å². The molecule has 0 aliphatic rings. The molecule has 0 saturated carbocycles. The molecule has 1 N–H and O–H groups in total. The van der Waals surface area contributed by atoms with E-state index in [4.69, 9.17) is 0 Å². The molecule has 0 radical (unpaired) electrons. The molecule has 0 unspecified atom stereocenters. The quantitative estimate of drug-likeness (QED) is 0.796. The summed E-state index contributed by atoms with van der Waals surface area (Å²) in [5.74, 6) is -0.0574. The molecule has 3 rings (SSSR count). The van der Waals surface area contributed by atoms with Gasteiger partial charge in [-0.2, -0.15) is 10.2 Å². The number of benzene rings is 1. The van der Waals surface area contributed by atoms with Crippen LogP contribution in [0.3, 0.4) is 0 Å². The summed E-state index contributed by atoms with van der Waals surface area (Å²) in [7, 11) is 1.89. The third-order valence-corrected chi connectivity index (χ3v) is 4.55. The molecule has 25 heavy (non-hydrogen) atoms. The molecule has 6 heteroatoms. The van der Waals surface area contributed by atoms with E-state index in [-0.39, 0.29) is 5.91 Å². The first-order valence-electron chi connectivity index (χ1n) is 8.29. The van der Waals surface area contributed by atoms with Crippen molar-refractivity contribution in [3.8, 4) is 5.69 Å². The van der Waals surface area contributed by atoms with E-state index in [2.05, 4.69) is 15.5 Å². The van der Waals surface area contributed by atoms with Crippen molar-refractivity contribution in [1.29, 1.82) is 0 Å². The summed E-state index contributed by atoms with van der Waals surface area (Å²) in [5.41, 5.74) is 6.34. The van der Waals surface area contributed by atoms with Gasteiger partial charge in [-0.25, -0.2) is 4.68 Å². The summed E-state index contributed by atoms with van der Waals surface area (Å²) < 4.78 is 3.66. The van der Waals surface area contributed by atoms with Crippen LogP contribution in [-0.2, 0) is 18.3 Å². The number of hydrogen-bond acceptors (Lipinski definition) is 3. The number of nitrogens with zero attached hydrogens (tertiary/aromatic N) is 4. The normalized spacial score (nSPS) is 10.9. The van der Waals surface area contributed by atoms with Crippen LogP contribution in [0.4, 0.5) is 5.69 Å². The second-order valence-electron chi connectivity index (χ2n) is 6.29. The third-order valence-electron chi connectivity index (χ3n) is 4.55. The van der Waals surface area contributed by atoms with Crippen molar-refractivity contribution in [2.24, 2.45) is 7.05 Å². The van der Waals surface area contributed by atoms with Gasteiger partial charge in [0.15, 0.2) is 0 Å². The predicted octanol–water partition coefficient (Wildman–Crippen LogP) is 3.02. The second kappa shape index (κ2) is 6.55. The minimum absolute atomic E-state index is 0.0574. The van der Waals surface area contributed by atoms with E-state index in [0.29, 0.717) is 6.42 Å². The average Bonchev–Trinajstić information content (AvgIpc) is 3.00. The Morgan fingerprint density at radius 2 is 1.68 bits per heavy atom. The van der Waals surface area contributed by atoms with E-state index in [1.165, 1.54) is 0 Å². The molecule has 1 aromatic carbocycles. The van der Waals surface area contributed by atoms with Gasteiger partial charge in [-0.1, -0.05) is 18.2 Å². The highest BCUT2D eigenvalue weighted by molar-refractivity contribution is 5.93. The Morgan fingerprint density at radius 1 is 1.00 bits per heavy atom. The average molecular weight is 337 g/mol. The summed E-state index contributed by atoms with van der Waals surface area (Å²) in [4.78, 5) is 12.6. The second-order valence-corrected chi connectivity index (χ2v) is 6.29. The maximum Gasteiger partial charge on any atom is 0.229 e. The fourth-order valence-electron chi connectivity index (χ4n) is 3.06. The molecule has 3 aromatic rings. The number of para-hydroxylation sites is 1. The third kappa shape index (κ3) is 3.20. The lowest BCUT2D eigenvalue weighted by molar-refractivity contribution is -0.115. The minimum atomic E-state index is -0.0574. The Morgan fingerprint density at radius 3 is 2.28 bits per heavy atom. The number of anilines is 1. The summed E-state index contributed by atoms with van der Waals surface area (Å²) in [5, 5.41) is 12.0. The first-order valence-corrected chi connectivity index (χ1v) is 8.29. The van der Waals surface area contributed by atoms with Gasteiger partial charge in [0.05, 0.1) is 34.9 Å². The van der Waals surface area contributed by atoms with E-state index in [1.54, 1.807) is 0 Å². The fourth-order valence-corrected chi connectivity index (χ4v) is 3.06. The number of rotatable bonds is 4. The fraction of sp³-hybridized carbons (Fsp3) is 0.316. The van der Waals surface area contributed by atoms with Gasteiger partial charge in [-0.05, 0) is 39.8 Å². The monoisotopic (exact) mass is 337 g/mol. The molecular weight excluding hydrogens is 314 g/mol. The Balaban J connectivity index is 1.84. The van der Waals surface area contributed by atoms with Gasteiger partial charge in [0, 0.05) is 18.3 Å². The van der Waals surface area contributed by atoms with Gasteiger partial charge >= 0.3 is 0 Å². The van der Waals surface area contributed by atoms with E-state index < -0.39 is 0 Å². The van der Waals surface area contributed by atoms with Crippen LogP contribution in [0.25, 0.3) is 5.69 Å². The largest absolute Gasteiger partial charge is 0.323 e. The van der Waals surface area contributed by atoms with Crippen molar-refractivity contribution in [2.75, 3.05) is 5.32 Å². The van der Waals surface area contributed by atoms with Gasteiger partial charge in [-0.15, -0.1) is 0 Å². The number of nitrogens with one attached hydrogen (secondary N) is 1. The molecule has 0 spiro atoms. The van der Waals surface area contributed by atoms with Crippen LogP contribution in [0.2, 0.25) is 0 Å². The van der Waals surface area contributed by atoms with Crippen LogP contribution in [0.1, 0.15) is 28.3 Å². The van der Waals surface area contributed by atoms with E-state index >= 15 is 0 Å². The highest BCUT2D eigenvalue weighted by Crippen LogP contribution is 2.23. The molecule has 0 fully saturated rings. The zero-order valence-electron chi connectivity index (χ0n) is 15.3. The van der Waals surface area contributed by atoms with Crippen molar-refractivity contribution in [3.63, 3.8) is 0 Å². The zero-order valence-corrected chi connectivity index (χ0v) is 15.3. The van der Waals surface area contributed by atoms with Gasteiger partial charge in [0.25, 0.3) is 0 Å². The van der Waals surface area contributed by atoms with E-state index in [1.807, 2.05) is 74.4 Å². The SMILES string of the molecule is Cc1nn(C)c(C)c1CC(=O)Nc1c(C)nn(-c2ccccc2)c1C. The summed E-state index contributed by atoms with van der Waals surface area (Å²) in [6.45, 7) is 7.78. The maximum absolute atomic E-state index is 12.6. The molecule has 2 aromatic heterocycles.